The number of hydrogen-bond acceptors (Lipinski definition) is 8. The summed E-state index contributed by atoms with van der Waals surface area (Å²) < 4.78 is 74.3. The third-order valence-electron chi connectivity index (χ3n) is 6.13. The number of anilines is 1. The van der Waals surface area contributed by atoms with Gasteiger partial charge in [0.1, 0.15) is 17.1 Å². The zero-order valence-corrected chi connectivity index (χ0v) is 23.1. The zero-order chi connectivity index (χ0) is 29.6. The van der Waals surface area contributed by atoms with Crippen LogP contribution in [0, 0.1) is 0 Å². The van der Waals surface area contributed by atoms with Crippen molar-refractivity contribution in [2.75, 3.05) is 44.0 Å². The van der Waals surface area contributed by atoms with E-state index in [1.165, 1.54) is 0 Å². The van der Waals surface area contributed by atoms with Crippen LogP contribution >= 0.6 is 11.6 Å². The Labute approximate surface area is 234 Å². The van der Waals surface area contributed by atoms with Gasteiger partial charge in [0.15, 0.2) is 6.79 Å². The van der Waals surface area contributed by atoms with E-state index in [-0.39, 0.29) is 19.0 Å². The second-order valence-electron chi connectivity index (χ2n) is 9.47. The highest BCUT2D eigenvalue weighted by molar-refractivity contribution is 7.92. The number of nitrogens with zero attached hydrogens (tertiary/aromatic N) is 1. The Balaban J connectivity index is 0.000000559. The fourth-order valence-corrected chi connectivity index (χ4v) is 5.10. The molecule has 1 saturated heterocycles. The van der Waals surface area contributed by atoms with E-state index in [1.807, 2.05) is 18.2 Å². The van der Waals surface area contributed by atoms with Gasteiger partial charge >= 0.3 is 12.1 Å². The smallest absolute Gasteiger partial charge is 0.487 e. The van der Waals surface area contributed by atoms with Crippen molar-refractivity contribution in [3.05, 3.63) is 53.1 Å². The number of carboxylic acid groups (broad SMARTS) is 1. The first-order valence-corrected chi connectivity index (χ1v) is 14.4. The number of fused-ring (bicyclic) bond motifs is 1. The number of aliphatic carboxylic acids is 1. The molecule has 2 aromatic carbocycles. The number of carboxylic acids is 1. The van der Waals surface area contributed by atoms with E-state index >= 15 is 0 Å². The van der Waals surface area contributed by atoms with Gasteiger partial charge < -0.3 is 29.3 Å². The van der Waals surface area contributed by atoms with Gasteiger partial charge in [-0.25, -0.2) is 13.2 Å². The molecule has 10 nitrogen and oxygen atoms in total. The van der Waals surface area contributed by atoms with Gasteiger partial charge in [-0.1, -0.05) is 23.7 Å². The van der Waals surface area contributed by atoms with Crippen molar-refractivity contribution >= 4 is 33.3 Å². The number of rotatable bonds is 9. The van der Waals surface area contributed by atoms with Gasteiger partial charge in [0.05, 0.1) is 24.7 Å². The molecule has 0 unspecified atom stereocenters. The molecule has 0 amide bonds. The molecule has 0 bridgehead atoms. The van der Waals surface area contributed by atoms with Crippen molar-refractivity contribution in [2.24, 2.45) is 0 Å². The number of halogens is 4. The average Bonchev–Trinajstić information content (AvgIpc) is 3.20. The summed E-state index contributed by atoms with van der Waals surface area (Å²) in [5.74, 6) is -1.47. The molecule has 2 heterocycles. The van der Waals surface area contributed by atoms with Crippen LogP contribution in [0.4, 0.5) is 18.9 Å². The summed E-state index contributed by atoms with van der Waals surface area (Å²) in [6.45, 7) is 2.18. The number of alkyl halides is 3. The van der Waals surface area contributed by atoms with E-state index in [0.29, 0.717) is 18.0 Å². The summed E-state index contributed by atoms with van der Waals surface area (Å²) in [6.07, 6.45) is -2.02. The van der Waals surface area contributed by atoms with Gasteiger partial charge in [-0.2, -0.15) is 13.2 Å². The van der Waals surface area contributed by atoms with E-state index < -0.39 is 28.3 Å². The molecule has 222 valence electrons. The van der Waals surface area contributed by atoms with Crippen molar-refractivity contribution in [1.82, 2.24) is 4.90 Å². The lowest BCUT2D eigenvalue weighted by atomic mass is 9.87. The predicted octanol–water partition coefficient (Wildman–Crippen LogP) is 3.53. The minimum Gasteiger partial charge on any atom is -0.487 e. The molecule has 2 aliphatic heterocycles. The van der Waals surface area contributed by atoms with Gasteiger partial charge in [0.2, 0.25) is 10.0 Å². The maximum absolute atomic E-state index is 11.5. The minimum absolute atomic E-state index is 0.0999. The number of β-amino-alcohol motifs (C(OH)–C–C–N with tert-alkyl or cyclic N) is 1. The predicted molar refractivity (Wildman–Crippen MR) is 140 cm³/mol. The Kier molecular flexibility index (Phi) is 10.5. The Morgan fingerprint density at radius 3 is 2.50 bits per heavy atom. The maximum Gasteiger partial charge on any atom is 0.490 e. The Hall–Kier alpha value is -2.78. The fraction of sp³-hybridized carbons (Fsp3) is 0.480. The van der Waals surface area contributed by atoms with Gasteiger partial charge in [0.25, 0.3) is 0 Å². The number of para-hydroxylation sites is 2. The summed E-state index contributed by atoms with van der Waals surface area (Å²) in [7, 11) is -3.42. The van der Waals surface area contributed by atoms with Crippen LogP contribution in [0.5, 0.6) is 11.5 Å². The highest BCUT2D eigenvalue weighted by Crippen LogP contribution is 2.42. The summed E-state index contributed by atoms with van der Waals surface area (Å²) >= 11 is 6.11. The Bertz CT molecular complexity index is 1270. The summed E-state index contributed by atoms with van der Waals surface area (Å²) in [5, 5.41) is 18.2. The van der Waals surface area contributed by atoms with Crippen LogP contribution < -0.4 is 14.2 Å². The molecule has 0 aromatic heterocycles. The van der Waals surface area contributed by atoms with Gasteiger partial charge in [-0.3, -0.25) is 4.72 Å². The van der Waals surface area contributed by atoms with E-state index in [4.69, 9.17) is 35.7 Å². The number of carbonyl (C=O) groups is 1. The van der Waals surface area contributed by atoms with Crippen LogP contribution in [0.3, 0.4) is 0 Å². The van der Waals surface area contributed by atoms with Gasteiger partial charge in [-0.05, 0) is 35.9 Å². The first-order valence-electron chi connectivity index (χ1n) is 12.1. The molecular weight excluding hydrogens is 581 g/mol. The summed E-state index contributed by atoms with van der Waals surface area (Å²) in [6, 6.07) is 12.5. The third kappa shape index (κ3) is 9.70. The normalized spacial score (nSPS) is 17.2. The molecule has 1 spiro atoms. The van der Waals surface area contributed by atoms with E-state index in [1.54, 1.807) is 24.3 Å². The van der Waals surface area contributed by atoms with Crippen LogP contribution in [0.1, 0.15) is 18.4 Å². The number of aliphatic hydroxyl groups excluding tert-OH is 1. The minimum atomic E-state index is -5.08. The van der Waals surface area contributed by atoms with Crippen LogP contribution in [0.2, 0.25) is 5.02 Å². The number of nitrogens with one attached hydrogen (secondary N) is 1. The second kappa shape index (κ2) is 13.3. The third-order valence-corrected chi connectivity index (χ3v) is 6.96. The largest absolute Gasteiger partial charge is 0.490 e. The molecule has 40 heavy (non-hydrogen) atoms. The van der Waals surface area contributed by atoms with Crippen LogP contribution in [0.25, 0.3) is 0 Å². The lowest BCUT2D eigenvalue weighted by Crippen LogP contribution is -2.49. The molecule has 4 rings (SSSR count). The standard InChI is InChI=1S/C23H29ClN2O6S.C2HF3O2/c1-33(28,29)25-20-4-2-3-5-22(20)31-16-30-15-19(27)14-26-10-8-23(9-11-26)13-17-12-18(24)6-7-21(17)32-23;3-2(4,5)1(6)7/h2-7,12,19,25,27H,8-11,13-16H2,1H3;(H,6,7)/t19-;/m0./s1. The molecule has 0 aliphatic carbocycles. The van der Waals surface area contributed by atoms with Crippen LogP contribution in [-0.2, 0) is 26.0 Å². The summed E-state index contributed by atoms with van der Waals surface area (Å²) in [4.78, 5) is 11.1. The first-order chi connectivity index (χ1) is 18.7. The highest BCUT2D eigenvalue weighted by atomic mass is 35.5. The molecule has 2 aromatic rings. The molecule has 1 fully saturated rings. The average molecular weight is 611 g/mol. The second-order valence-corrected chi connectivity index (χ2v) is 11.7. The SMILES string of the molecule is CS(=O)(=O)Nc1ccccc1OCOC[C@@H](O)CN1CCC2(CC1)Cc1cc(Cl)ccc1O2.O=C(O)C(F)(F)F. The van der Waals surface area contributed by atoms with Crippen molar-refractivity contribution in [3.8, 4) is 11.5 Å². The van der Waals surface area contributed by atoms with Gasteiger partial charge in [-0.15, -0.1) is 0 Å². The molecule has 1 atom stereocenters. The number of sulfonamides is 1. The number of hydrogen-bond donors (Lipinski definition) is 3. The number of ether oxygens (including phenoxy) is 3. The number of likely N-dealkylation sites (tertiary alicyclic amines) is 1. The lowest BCUT2D eigenvalue weighted by Gasteiger charge is -2.39. The fourth-order valence-electron chi connectivity index (χ4n) is 4.34. The number of benzene rings is 2. The van der Waals surface area contributed by atoms with Crippen molar-refractivity contribution in [1.29, 1.82) is 0 Å². The molecular formula is C25H30ClF3N2O8S. The van der Waals surface area contributed by atoms with Crippen molar-refractivity contribution in [3.63, 3.8) is 0 Å². The summed E-state index contributed by atoms with van der Waals surface area (Å²) in [5.41, 5.74) is 1.33. The van der Waals surface area contributed by atoms with E-state index in [2.05, 4.69) is 9.62 Å². The maximum atomic E-state index is 11.5. The van der Waals surface area contributed by atoms with Gasteiger partial charge in [0, 0.05) is 43.9 Å². The Morgan fingerprint density at radius 2 is 1.88 bits per heavy atom. The van der Waals surface area contributed by atoms with Crippen LogP contribution in [-0.4, -0.2) is 86.7 Å². The molecule has 15 heteroatoms. The quantitative estimate of drug-likeness (QED) is 0.288. The molecule has 3 N–H and O–H groups in total. The highest BCUT2D eigenvalue weighted by Gasteiger charge is 2.42. The molecule has 0 radical (unpaired) electrons. The number of aliphatic hydroxyl groups is 1. The van der Waals surface area contributed by atoms with E-state index in [9.17, 15) is 26.7 Å². The monoisotopic (exact) mass is 610 g/mol. The molecule has 0 saturated carbocycles. The van der Waals surface area contributed by atoms with Crippen LogP contribution in [0.15, 0.2) is 42.5 Å². The lowest BCUT2D eigenvalue weighted by molar-refractivity contribution is -0.192. The zero-order valence-electron chi connectivity index (χ0n) is 21.5. The topological polar surface area (TPSA) is 135 Å². The van der Waals surface area contributed by atoms with Crippen molar-refractivity contribution in [2.45, 2.75) is 37.1 Å². The Morgan fingerprint density at radius 1 is 1.23 bits per heavy atom. The number of piperidine rings is 1. The first kappa shape index (κ1) is 31.7. The van der Waals surface area contributed by atoms with E-state index in [0.717, 1.165) is 54.9 Å². The molecule has 2 aliphatic rings. The van der Waals surface area contributed by atoms with Crippen molar-refractivity contribution < 1.29 is 50.8 Å².